The molecular weight excluding hydrogens is 358 g/mol. The molecule has 0 fully saturated rings. The van der Waals surface area contributed by atoms with Crippen molar-refractivity contribution in [2.24, 2.45) is 0 Å². The topological polar surface area (TPSA) is 50.2 Å². The van der Waals surface area contributed by atoms with E-state index in [4.69, 9.17) is 10.1 Å². The summed E-state index contributed by atoms with van der Waals surface area (Å²) >= 11 is 0. The molecule has 0 unspecified atom stereocenters. The number of aliphatic carboxylic acids is 1. The lowest BCUT2D eigenvalue weighted by atomic mass is 9.99. The Balaban J connectivity index is 1.81. The van der Waals surface area contributed by atoms with Crippen LogP contribution in [0.3, 0.4) is 0 Å². The highest BCUT2D eigenvalue weighted by molar-refractivity contribution is 5.77. The maximum Gasteiger partial charge on any atom is 0.307 e. The van der Waals surface area contributed by atoms with Crippen molar-refractivity contribution >= 4 is 5.97 Å². The number of rotatable bonds is 5. The molecule has 0 amide bonds. The van der Waals surface area contributed by atoms with E-state index in [-0.39, 0.29) is 6.42 Å². The SMILES string of the molecule is Cc1ccc(-c2cc(-c3ccccc3)cc(-c3ccc(CC(=O)O)cc3)n2)cc1. The van der Waals surface area contributed by atoms with Gasteiger partial charge in [-0.05, 0) is 35.7 Å². The normalized spacial score (nSPS) is 10.7. The second-order valence-corrected chi connectivity index (χ2v) is 7.13. The maximum atomic E-state index is 10.9. The molecule has 142 valence electrons. The van der Waals surface area contributed by atoms with E-state index in [1.807, 2.05) is 42.5 Å². The van der Waals surface area contributed by atoms with Gasteiger partial charge in [-0.3, -0.25) is 4.79 Å². The minimum Gasteiger partial charge on any atom is -0.481 e. The van der Waals surface area contributed by atoms with Crippen molar-refractivity contribution in [1.82, 2.24) is 4.98 Å². The third-order valence-electron chi connectivity index (χ3n) is 4.88. The Hall–Kier alpha value is -3.72. The number of carboxylic acids is 1. The van der Waals surface area contributed by atoms with Gasteiger partial charge in [-0.2, -0.15) is 0 Å². The summed E-state index contributed by atoms with van der Waals surface area (Å²) in [5.74, 6) is -0.830. The lowest BCUT2D eigenvalue weighted by molar-refractivity contribution is -0.136. The fourth-order valence-corrected chi connectivity index (χ4v) is 3.32. The monoisotopic (exact) mass is 379 g/mol. The van der Waals surface area contributed by atoms with Gasteiger partial charge in [0.05, 0.1) is 17.8 Å². The predicted molar refractivity (Wildman–Crippen MR) is 117 cm³/mol. The third-order valence-corrected chi connectivity index (χ3v) is 4.88. The van der Waals surface area contributed by atoms with Crippen LogP contribution in [0.1, 0.15) is 11.1 Å². The van der Waals surface area contributed by atoms with Crippen LogP contribution >= 0.6 is 0 Å². The van der Waals surface area contributed by atoms with Gasteiger partial charge in [-0.1, -0.05) is 84.4 Å². The fraction of sp³-hybridized carbons (Fsp3) is 0.0769. The van der Waals surface area contributed by atoms with Gasteiger partial charge in [0.1, 0.15) is 0 Å². The molecule has 1 heterocycles. The Morgan fingerprint density at radius 3 is 1.83 bits per heavy atom. The zero-order valence-corrected chi connectivity index (χ0v) is 16.2. The Labute approximate surface area is 170 Å². The predicted octanol–water partition coefficient (Wildman–Crippen LogP) is 6.02. The lowest BCUT2D eigenvalue weighted by Crippen LogP contribution is -1.99. The van der Waals surface area contributed by atoms with Crippen molar-refractivity contribution in [3.8, 4) is 33.6 Å². The van der Waals surface area contributed by atoms with E-state index < -0.39 is 5.97 Å². The first kappa shape index (κ1) is 18.6. The maximum absolute atomic E-state index is 10.9. The summed E-state index contributed by atoms with van der Waals surface area (Å²) in [5, 5.41) is 8.99. The molecule has 3 aromatic carbocycles. The molecule has 0 saturated heterocycles. The first-order valence-electron chi connectivity index (χ1n) is 9.54. The number of aryl methyl sites for hydroxylation is 1. The summed E-state index contributed by atoms with van der Waals surface area (Å²) in [5.41, 5.74) is 8.02. The lowest BCUT2D eigenvalue weighted by Gasteiger charge is -2.11. The summed E-state index contributed by atoms with van der Waals surface area (Å²) in [6.07, 6.45) is 0.0202. The first-order chi connectivity index (χ1) is 14.1. The average Bonchev–Trinajstić information content (AvgIpc) is 2.75. The van der Waals surface area contributed by atoms with Gasteiger partial charge in [0.25, 0.3) is 0 Å². The zero-order valence-electron chi connectivity index (χ0n) is 16.2. The molecule has 29 heavy (non-hydrogen) atoms. The van der Waals surface area contributed by atoms with Crippen LogP contribution in [0.5, 0.6) is 0 Å². The van der Waals surface area contributed by atoms with Gasteiger partial charge in [0, 0.05) is 11.1 Å². The number of carbonyl (C=O) groups is 1. The summed E-state index contributed by atoms with van der Waals surface area (Å²) in [6.45, 7) is 2.07. The van der Waals surface area contributed by atoms with Crippen LogP contribution in [0.2, 0.25) is 0 Å². The molecule has 4 aromatic rings. The minimum atomic E-state index is -0.830. The number of hydrogen-bond acceptors (Lipinski definition) is 2. The number of aromatic nitrogens is 1. The number of carboxylic acid groups (broad SMARTS) is 1. The number of pyridine rings is 1. The first-order valence-corrected chi connectivity index (χ1v) is 9.54. The third kappa shape index (κ3) is 4.41. The van der Waals surface area contributed by atoms with Crippen molar-refractivity contribution in [3.63, 3.8) is 0 Å². The van der Waals surface area contributed by atoms with E-state index in [1.54, 1.807) is 0 Å². The van der Waals surface area contributed by atoms with Crippen LogP contribution in [0.15, 0.2) is 91.0 Å². The van der Waals surface area contributed by atoms with Crippen molar-refractivity contribution < 1.29 is 9.90 Å². The van der Waals surface area contributed by atoms with E-state index in [0.29, 0.717) is 0 Å². The smallest absolute Gasteiger partial charge is 0.307 e. The second-order valence-electron chi connectivity index (χ2n) is 7.13. The molecule has 0 bridgehead atoms. The van der Waals surface area contributed by atoms with E-state index in [9.17, 15) is 4.79 Å². The molecule has 4 rings (SSSR count). The van der Waals surface area contributed by atoms with Gasteiger partial charge in [-0.25, -0.2) is 4.98 Å². The van der Waals surface area contributed by atoms with Crippen molar-refractivity contribution in [2.75, 3.05) is 0 Å². The van der Waals surface area contributed by atoms with Crippen LogP contribution in [0.25, 0.3) is 33.6 Å². The average molecular weight is 379 g/mol. The molecule has 0 aliphatic carbocycles. The minimum absolute atomic E-state index is 0.0202. The van der Waals surface area contributed by atoms with E-state index in [1.165, 1.54) is 5.56 Å². The van der Waals surface area contributed by atoms with Crippen molar-refractivity contribution in [1.29, 1.82) is 0 Å². The Kier molecular flexibility index (Phi) is 5.21. The van der Waals surface area contributed by atoms with Crippen LogP contribution in [0.4, 0.5) is 0 Å². The molecule has 0 spiro atoms. The molecule has 1 N–H and O–H groups in total. The van der Waals surface area contributed by atoms with Crippen LogP contribution in [0, 0.1) is 6.92 Å². The molecule has 0 saturated carbocycles. The number of benzene rings is 3. The Morgan fingerprint density at radius 1 is 0.724 bits per heavy atom. The van der Waals surface area contributed by atoms with Gasteiger partial charge in [0.2, 0.25) is 0 Å². The fourth-order valence-electron chi connectivity index (χ4n) is 3.32. The van der Waals surface area contributed by atoms with Gasteiger partial charge in [-0.15, -0.1) is 0 Å². The highest BCUT2D eigenvalue weighted by atomic mass is 16.4. The Morgan fingerprint density at radius 2 is 1.28 bits per heavy atom. The highest BCUT2D eigenvalue weighted by Gasteiger charge is 2.09. The molecule has 0 atom stereocenters. The quantitative estimate of drug-likeness (QED) is 0.461. The molecule has 0 radical (unpaired) electrons. The summed E-state index contributed by atoms with van der Waals surface area (Å²) in [7, 11) is 0. The van der Waals surface area contributed by atoms with Crippen LogP contribution in [-0.2, 0) is 11.2 Å². The van der Waals surface area contributed by atoms with Crippen molar-refractivity contribution in [2.45, 2.75) is 13.3 Å². The van der Waals surface area contributed by atoms with Crippen LogP contribution < -0.4 is 0 Å². The largest absolute Gasteiger partial charge is 0.481 e. The van der Waals surface area contributed by atoms with E-state index >= 15 is 0 Å². The summed E-state index contributed by atoms with van der Waals surface area (Å²) in [6, 6.07) is 30.4. The second kappa shape index (κ2) is 8.11. The summed E-state index contributed by atoms with van der Waals surface area (Å²) < 4.78 is 0. The number of hydrogen-bond donors (Lipinski definition) is 1. The molecule has 0 aliphatic heterocycles. The van der Waals surface area contributed by atoms with Gasteiger partial charge in [0.15, 0.2) is 0 Å². The molecule has 3 heteroatoms. The van der Waals surface area contributed by atoms with E-state index in [0.717, 1.165) is 39.2 Å². The molecule has 3 nitrogen and oxygen atoms in total. The van der Waals surface area contributed by atoms with Crippen molar-refractivity contribution in [3.05, 3.63) is 102 Å². The molecule has 1 aromatic heterocycles. The van der Waals surface area contributed by atoms with Gasteiger partial charge >= 0.3 is 5.97 Å². The zero-order chi connectivity index (χ0) is 20.2. The summed E-state index contributed by atoms with van der Waals surface area (Å²) in [4.78, 5) is 15.8. The number of nitrogens with zero attached hydrogens (tertiary/aromatic N) is 1. The highest BCUT2D eigenvalue weighted by Crippen LogP contribution is 2.30. The molecule has 0 aliphatic rings. The molecular formula is C26H21NO2. The standard InChI is InChI=1S/C26H21NO2/c1-18-7-11-21(12-8-18)24-16-23(20-5-3-2-4-6-20)17-25(27-24)22-13-9-19(10-14-22)15-26(28)29/h2-14,16-17H,15H2,1H3,(H,28,29). The van der Waals surface area contributed by atoms with Gasteiger partial charge < -0.3 is 5.11 Å². The van der Waals surface area contributed by atoms with Crippen LogP contribution in [-0.4, -0.2) is 16.1 Å². The van der Waals surface area contributed by atoms with E-state index in [2.05, 4.69) is 55.5 Å². The Bertz CT molecular complexity index is 1130.